The zero-order valence-electron chi connectivity index (χ0n) is 28.4. The maximum absolute atomic E-state index is 13.5. The van der Waals surface area contributed by atoms with Crippen molar-refractivity contribution in [3.63, 3.8) is 0 Å². The molecular weight excluding hydrogens is 700 g/mol. The maximum atomic E-state index is 13.5. The van der Waals surface area contributed by atoms with Crippen LogP contribution >= 0.6 is 11.6 Å². The van der Waals surface area contributed by atoms with Crippen LogP contribution in [0.1, 0.15) is 36.5 Å². The van der Waals surface area contributed by atoms with E-state index in [1.807, 2.05) is 6.07 Å². The second kappa shape index (κ2) is 18.9. The lowest BCUT2D eigenvalue weighted by Crippen LogP contribution is -2.36. The highest BCUT2D eigenvalue weighted by Gasteiger charge is 2.27. The molecule has 4 rings (SSSR count). The van der Waals surface area contributed by atoms with E-state index in [4.69, 9.17) is 36.3 Å². The molecule has 1 aliphatic rings. The Hall–Kier alpha value is -4.92. The number of sulfonamides is 1. The summed E-state index contributed by atoms with van der Waals surface area (Å²) in [5, 5.41) is 0.234. The van der Waals surface area contributed by atoms with Crippen molar-refractivity contribution in [3.05, 3.63) is 101 Å². The van der Waals surface area contributed by atoms with Crippen molar-refractivity contribution >= 4 is 57.3 Å². The minimum atomic E-state index is -4.20. The molecule has 0 aromatic heterocycles. The number of nitrogens with two attached hydrogens (primary N) is 1. The van der Waals surface area contributed by atoms with Gasteiger partial charge in [-0.15, -0.1) is 0 Å². The molecule has 0 saturated carbocycles. The van der Waals surface area contributed by atoms with Crippen LogP contribution in [0, 0.1) is 0 Å². The molecule has 1 heterocycles. The van der Waals surface area contributed by atoms with Crippen molar-refractivity contribution in [2.75, 3.05) is 50.1 Å². The highest BCUT2D eigenvalue weighted by molar-refractivity contribution is 7.93. The van der Waals surface area contributed by atoms with E-state index in [0.717, 1.165) is 35.8 Å². The molecule has 2 N–H and O–H groups in total. The maximum Gasteiger partial charge on any atom is 0.438 e. The average molecular weight is 741 g/mol. The van der Waals surface area contributed by atoms with Gasteiger partial charge in [-0.3, -0.25) is 13.9 Å². The van der Waals surface area contributed by atoms with E-state index in [9.17, 15) is 22.8 Å². The second-order valence-corrected chi connectivity index (χ2v) is 13.9. The minimum Gasteiger partial charge on any atom is -0.489 e. The lowest BCUT2D eigenvalue weighted by atomic mass is 10.1. The zero-order chi connectivity index (χ0) is 36.8. The van der Waals surface area contributed by atoms with Gasteiger partial charge in [-0.25, -0.2) is 13.2 Å². The van der Waals surface area contributed by atoms with E-state index in [1.165, 1.54) is 6.07 Å². The van der Waals surface area contributed by atoms with Crippen LogP contribution < -0.4 is 14.8 Å². The number of anilines is 1. The van der Waals surface area contributed by atoms with Crippen LogP contribution in [0.5, 0.6) is 5.75 Å². The molecule has 0 radical (unpaired) electrons. The summed E-state index contributed by atoms with van der Waals surface area (Å²) in [6.45, 7) is 2.64. The summed E-state index contributed by atoms with van der Waals surface area (Å²) in [6.07, 6.45) is 3.88. The Balaban J connectivity index is 1.42. The molecule has 51 heavy (non-hydrogen) atoms. The number of amides is 1. The Morgan fingerprint density at radius 2 is 1.73 bits per heavy atom. The number of likely N-dealkylation sites (tertiary alicyclic amines) is 1. The number of carbonyl (C=O) groups excluding carboxylic acids is 3. The van der Waals surface area contributed by atoms with Gasteiger partial charge in [0.05, 0.1) is 30.3 Å². The summed E-state index contributed by atoms with van der Waals surface area (Å²) in [7, 11) is -2.15. The van der Waals surface area contributed by atoms with Gasteiger partial charge in [0.2, 0.25) is 16.8 Å². The number of hydrogen-bond donors (Lipinski definition) is 1. The predicted octanol–water partition coefficient (Wildman–Crippen LogP) is 4.81. The first-order valence-corrected chi connectivity index (χ1v) is 18.2. The van der Waals surface area contributed by atoms with Gasteiger partial charge in [0.15, 0.2) is 5.75 Å². The Morgan fingerprint density at radius 1 is 0.980 bits per heavy atom. The predicted molar refractivity (Wildman–Crippen MR) is 194 cm³/mol. The van der Waals surface area contributed by atoms with Crippen LogP contribution in [0.3, 0.4) is 0 Å². The van der Waals surface area contributed by atoms with Crippen LogP contribution in [-0.4, -0.2) is 89.1 Å². The molecule has 0 unspecified atom stereocenters. The van der Waals surface area contributed by atoms with E-state index >= 15 is 0 Å². The smallest absolute Gasteiger partial charge is 0.438 e. The number of piperidine rings is 1. The Bertz CT molecular complexity index is 1830. The van der Waals surface area contributed by atoms with E-state index in [2.05, 4.69) is 16.9 Å². The summed E-state index contributed by atoms with van der Waals surface area (Å²) in [4.78, 5) is 42.3. The zero-order valence-corrected chi connectivity index (χ0v) is 30.0. The van der Waals surface area contributed by atoms with Gasteiger partial charge in [0.25, 0.3) is 0 Å². The van der Waals surface area contributed by atoms with Gasteiger partial charge in [-0.1, -0.05) is 72.3 Å². The third kappa shape index (κ3) is 12.4. The largest absolute Gasteiger partial charge is 0.489 e. The van der Waals surface area contributed by atoms with Crippen LogP contribution in [0.15, 0.2) is 83.9 Å². The highest BCUT2D eigenvalue weighted by Crippen LogP contribution is 2.32. The van der Waals surface area contributed by atoms with Gasteiger partial charge >= 0.3 is 18.0 Å². The number of rotatable bonds is 15. The molecular formula is C36H41ClN4O9S. The molecule has 0 bridgehead atoms. The van der Waals surface area contributed by atoms with E-state index < -0.39 is 40.6 Å². The molecule has 1 saturated heterocycles. The molecule has 1 fully saturated rings. The average Bonchev–Trinajstić information content (AvgIpc) is 3.09. The number of hydrogen-bond acceptors (Lipinski definition) is 10. The number of esters is 2. The molecule has 0 atom stereocenters. The number of ether oxygens (including phenoxy) is 4. The third-order valence-electron chi connectivity index (χ3n) is 7.67. The Kier molecular flexibility index (Phi) is 14.4. The number of benzene rings is 3. The fourth-order valence-corrected chi connectivity index (χ4v) is 6.58. The van der Waals surface area contributed by atoms with Crippen LogP contribution in [0.4, 0.5) is 10.5 Å². The van der Waals surface area contributed by atoms with Crippen LogP contribution in [-0.2, 0) is 40.2 Å². The first-order chi connectivity index (χ1) is 24.4. The lowest BCUT2D eigenvalue weighted by Gasteiger charge is -2.30. The molecule has 15 heteroatoms. The number of amidine groups is 1. The number of nitrogens with zero attached hydrogens (tertiary/aromatic N) is 3. The molecule has 0 spiro atoms. The van der Waals surface area contributed by atoms with Crippen molar-refractivity contribution in [1.82, 2.24) is 4.90 Å². The number of halogens is 1. The topological polar surface area (TPSA) is 167 Å². The lowest BCUT2D eigenvalue weighted by molar-refractivity contribution is -0.150. The molecule has 13 nitrogen and oxygen atoms in total. The van der Waals surface area contributed by atoms with Gasteiger partial charge in [0.1, 0.15) is 17.7 Å². The Morgan fingerprint density at radius 3 is 2.43 bits per heavy atom. The summed E-state index contributed by atoms with van der Waals surface area (Å²) in [5.74, 6) is -2.04. The summed E-state index contributed by atoms with van der Waals surface area (Å²) < 4.78 is 48.8. The van der Waals surface area contributed by atoms with E-state index in [0.29, 0.717) is 16.9 Å². The fourth-order valence-electron chi connectivity index (χ4n) is 5.07. The molecule has 3 aromatic rings. The van der Waals surface area contributed by atoms with Gasteiger partial charge in [-0.2, -0.15) is 4.99 Å². The quantitative estimate of drug-likeness (QED) is 0.0983. The first-order valence-electron chi connectivity index (χ1n) is 16.2. The van der Waals surface area contributed by atoms with Crippen molar-refractivity contribution in [2.24, 2.45) is 10.7 Å². The Labute approximate surface area is 302 Å². The van der Waals surface area contributed by atoms with Crippen molar-refractivity contribution in [3.8, 4) is 5.75 Å². The summed E-state index contributed by atoms with van der Waals surface area (Å²) >= 11 is 6.57. The molecule has 272 valence electrons. The fraction of sp³-hybridized carbons (Fsp3) is 0.333. The molecule has 3 aromatic carbocycles. The van der Waals surface area contributed by atoms with Crippen molar-refractivity contribution in [2.45, 2.75) is 32.3 Å². The number of carbonyl (C=O) groups is 3. The second-order valence-electron chi connectivity index (χ2n) is 11.6. The van der Waals surface area contributed by atoms with Gasteiger partial charge < -0.3 is 29.6 Å². The summed E-state index contributed by atoms with van der Waals surface area (Å²) in [6, 6.07) is 20.3. The van der Waals surface area contributed by atoms with Crippen LogP contribution in [0.2, 0.25) is 5.02 Å². The van der Waals surface area contributed by atoms with Crippen LogP contribution in [0.25, 0.3) is 6.08 Å². The molecule has 1 aliphatic heterocycles. The summed E-state index contributed by atoms with van der Waals surface area (Å²) in [5.41, 5.74) is 8.01. The third-order valence-corrected chi connectivity index (χ3v) is 9.60. The van der Waals surface area contributed by atoms with Gasteiger partial charge in [-0.05, 0) is 62.2 Å². The standard InChI is InChI=1S/C36H41ClN4O9S/c1-3-47-34(43)24-51(45,46)41(29-14-15-32(31(37)23-29)50-30-16-19-40(2)20-17-30)18-8-12-26-11-7-13-28(21-26)35(38)39-36(44)49-25-48-33(42)22-27-9-5-4-6-10-27/h4-15,21,23,30H,3,16-20,22,24-25H2,1-2H3,(H2,38,39,44)/b12-8+. The number of aliphatic imine (C=N–C) groups is 1. The van der Waals surface area contributed by atoms with E-state index in [1.54, 1.807) is 79.7 Å². The SMILES string of the molecule is CCOC(=O)CS(=O)(=O)N(C/C=C/c1cccc(/C(N)=N/C(=O)OCOC(=O)Cc2ccccc2)c1)c1ccc(OC2CCN(C)CC2)c(Cl)c1. The normalized spacial score (nSPS) is 14.2. The molecule has 0 aliphatic carbocycles. The van der Waals surface area contributed by atoms with Crippen molar-refractivity contribution < 1.29 is 41.7 Å². The van der Waals surface area contributed by atoms with E-state index in [-0.39, 0.29) is 42.2 Å². The minimum absolute atomic E-state index is 0.00789. The highest BCUT2D eigenvalue weighted by atomic mass is 35.5. The first kappa shape index (κ1) is 38.9. The molecule has 1 amide bonds. The van der Waals surface area contributed by atoms with Crippen molar-refractivity contribution in [1.29, 1.82) is 0 Å². The monoisotopic (exact) mass is 740 g/mol. The van der Waals surface area contributed by atoms with Gasteiger partial charge in [0, 0.05) is 18.7 Å².